The van der Waals surface area contributed by atoms with Crippen molar-refractivity contribution in [1.82, 2.24) is 14.5 Å². The van der Waals surface area contributed by atoms with Crippen LogP contribution in [0.1, 0.15) is 30.6 Å². The van der Waals surface area contributed by atoms with Crippen molar-refractivity contribution in [2.45, 2.75) is 31.2 Å². The van der Waals surface area contributed by atoms with Crippen LogP contribution >= 0.6 is 11.6 Å². The molecule has 1 saturated heterocycles. The van der Waals surface area contributed by atoms with E-state index in [0.29, 0.717) is 31.7 Å². The molecule has 1 unspecified atom stereocenters. The van der Waals surface area contributed by atoms with Gasteiger partial charge in [0, 0.05) is 37.8 Å². The number of hydrogen-bond donors (Lipinski definition) is 1. The van der Waals surface area contributed by atoms with E-state index >= 15 is 0 Å². The van der Waals surface area contributed by atoms with Crippen molar-refractivity contribution in [2.24, 2.45) is 0 Å². The molecule has 0 bridgehead atoms. The number of amides is 1. The summed E-state index contributed by atoms with van der Waals surface area (Å²) < 4.78 is 27.1. The molecule has 1 aromatic carbocycles. The van der Waals surface area contributed by atoms with E-state index in [9.17, 15) is 13.2 Å². The second kappa shape index (κ2) is 7.82. The SMILES string of the molecule is CCC(C)NC(=O)c1ccc(Cl)c(S(=O)(=O)N2CCN(C)CC2)c1. The average Bonchev–Trinajstić information content (AvgIpc) is 2.55. The van der Waals surface area contributed by atoms with Crippen LogP contribution in [0.3, 0.4) is 0 Å². The summed E-state index contributed by atoms with van der Waals surface area (Å²) in [5.41, 5.74) is 0.299. The Kier molecular flexibility index (Phi) is 6.25. The van der Waals surface area contributed by atoms with Gasteiger partial charge in [-0.1, -0.05) is 18.5 Å². The molecule has 0 spiro atoms. The van der Waals surface area contributed by atoms with Crippen molar-refractivity contribution in [3.63, 3.8) is 0 Å². The lowest BCUT2D eigenvalue weighted by molar-refractivity contribution is 0.0939. The highest BCUT2D eigenvalue weighted by Gasteiger charge is 2.30. The minimum Gasteiger partial charge on any atom is -0.350 e. The molecule has 0 aliphatic carbocycles. The molecule has 1 aliphatic rings. The van der Waals surface area contributed by atoms with Crippen molar-refractivity contribution in [3.8, 4) is 0 Å². The van der Waals surface area contributed by atoms with Crippen LogP contribution in [0.15, 0.2) is 23.1 Å². The Morgan fingerprint density at radius 2 is 1.92 bits per heavy atom. The number of nitrogens with zero attached hydrogens (tertiary/aromatic N) is 2. The lowest BCUT2D eigenvalue weighted by Gasteiger charge is -2.31. The summed E-state index contributed by atoms with van der Waals surface area (Å²) in [6.07, 6.45) is 0.797. The van der Waals surface area contributed by atoms with Gasteiger partial charge in [-0.15, -0.1) is 0 Å². The number of hydrogen-bond acceptors (Lipinski definition) is 4. The van der Waals surface area contributed by atoms with Crippen LogP contribution in [-0.2, 0) is 10.0 Å². The molecule has 1 amide bonds. The monoisotopic (exact) mass is 373 g/mol. The van der Waals surface area contributed by atoms with Gasteiger partial charge in [0.1, 0.15) is 4.90 Å². The molecule has 1 aromatic rings. The fourth-order valence-electron chi connectivity index (χ4n) is 2.42. The zero-order valence-corrected chi connectivity index (χ0v) is 15.8. The first-order valence-corrected chi connectivity index (χ1v) is 9.86. The first kappa shape index (κ1) is 19.2. The predicted molar refractivity (Wildman–Crippen MR) is 94.9 cm³/mol. The van der Waals surface area contributed by atoms with Gasteiger partial charge in [0.15, 0.2) is 0 Å². The molecule has 2 rings (SSSR count). The summed E-state index contributed by atoms with van der Waals surface area (Å²) >= 11 is 6.12. The van der Waals surface area contributed by atoms with E-state index in [-0.39, 0.29) is 21.9 Å². The molecule has 1 atom stereocenters. The van der Waals surface area contributed by atoms with Gasteiger partial charge >= 0.3 is 0 Å². The van der Waals surface area contributed by atoms with Crippen molar-refractivity contribution in [3.05, 3.63) is 28.8 Å². The van der Waals surface area contributed by atoms with Gasteiger partial charge in [0.25, 0.3) is 5.91 Å². The fourth-order valence-corrected chi connectivity index (χ4v) is 4.34. The van der Waals surface area contributed by atoms with Crippen LogP contribution in [0.25, 0.3) is 0 Å². The Morgan fingerprint density at radius 3 is 2.50 bits per heavy atom. The largest absolute Gasteiger partial charge is 0.350 e. The van der Waals surface area contributed by atoms with Crippen LogP contribution in [0.2, 0.25) is 5.02 Å². The number of carbonyl (C=O) groups excluding carboxylic acids is 1. The first-order chi connectivity index (χ1) is 11.3. The van der Waals surface area contributed by atoms with Gasteiger partial charge < -0.3 is 10.2 Å². The minimum atomic E-state index is -3.71. The first-order valence-electron chi connectivity index (χ1n) is 8.04. The normalized spacial score (nSPS) is 18.3. The summed E-state index contributed by atoms with van der Waals surface area (Å²) in [5, 5.41) is 2.97. The molecular formula is C16H24ClN3O3S. The Morgan fingerprint density at radius 1 is 1.29 bits per heavy atom. The maximum Gasteiger partial charge on any atom is 0.251 e. The van der Waals surface area contributed by atoms with Gasteiger partial charge in [0.05, 0.1) is 5.02 Å². The number of piperazine rings is 1. The van der Waals surface area contributed by atoms with Crippen LogP contribution in [0.5, 0.6) is 0 Å². The zero-order chi connectivity index (χ0) is 17.9. The van der Waals surface area contributed by atoms with E-state index in [1.54, 1.807) is 6.07 Å². The average molecular weight is 374 g/mol. The Labute approximate surface area is 148 Å². The molecule has 0 radical (unpaired) electrons. The third-order valence-corrected chi connectivity index (χ3v) is 6.64. The van der Waals surface area contributed by atoms with E-state index in [4.69, 9.17) is 11.6 Å². The number of likely N-dealkylation sites (N-methyl/N-ethyl adjacent to an activating group) is 1. The molecule has 1 N–H and O–H groups in total. The fraction of sp³-hybridized carbons (Fsp3) is 0.562. The maximum absolute atomic E-state index is 12.9. The highest BCUT2D eigenvalue weighted by molar-refractivity contribution is 7.89. The van der Waals surface area contributed by atoms with Gasteiger partial charge in [-0.2, -0.15) is 4.31 Å². The summed E-state index contributed by atoms with van der Waals surface area (Å²) in [7, 11) is -1.76. The van der Waals surface area contributed by atoms with E-state index in [1.165, 1.54) is 16.4 Å². The number of nitrogens with one attached hydrogen (secondary N) is 1. The third-order valence-electron chi connectivity index (χ3n) is 4.26. The van der Waals surface area contributed by atoms with Gasteiger partial charge in [0.2, 0.25) is 10.0 Å². The molecular weight excluding hydrogens is 350 g/mol. The molecule has 1 fully saturated rings. The summed E-state index contributed by atoms with van der Waals surface area (Å²) in [6.45, 7) is 6.04. The van der Waals surface area contributed by atoms with E-state index in [0.717, 1.165) is 6.42 Å². The summed E-state index contributed by atoms with van der Waals surface area (Å²) in [4.78, 5) is 14.3. The van der Waals surface area contributed by atoms with Crippen molar-refractivity contribution in [1.29, 1.82) is 0 Å². The minimum absolute atomic E-state index is 0.00878. The van der Waals surface area contributed by atoms with E-state index < -0.39 is 10.0 Å². The number of rotatable bonds is 5. The molecule has 1 heterocycles. The topological polar surface area (TPSA) is 69.7 Å². The number of benzene rings is 1. The number of sulfonamides is 1. The molecule has 134 valence electrons. The highest BCUT2D eigenvalue weighted by Crippen LogP contribution is 2.26. The lowest BCUT2D eigenvalue weighted by Crippen LogP contribution is -2.47. The molecule has 1 aliphatic heterocycles. The molecule has 8 heteroatoms. The van der Waals surface area contributed by atoms with Gasteiger partial charge in [-0.05, 0) is 38.6 Å². The van der Waals surface area contributed by atoms with Gasteiger partial charge in [-0.25, -0.2) is 8.42 Å². The van der Waals surface area contributed by atoms with Crippen molar-refractivity contribution < 1.29 is 13.2 Å². The quantitative estimate of drug-likeness (QED) is 0.854. The van der Waals surface area contributed by atoms with Crippen LogP contribution in [0, 0.1) is 0 Å². The van der Waals surface area contributed by atoms with Crippen molar-refractivity contribution >= 4 is 27.5 Å². The van der Waals surface area contributed by atoms with Crippen molar-refractivity contribution in [2.75, 3.05) is 33.2 Å². The van der Waals surface area contributed by atoms with E-state index in [2.05, 4.69) is 10.2 Å². The molecule has 24 heavy (non-hydrogen) atoms. The second-order valence-corrected chi connectivity index (χ2v) is 8.45. The molecule has 0 aromatic heterocycles. The predicted octanol–water partition coefficient (Wildman–Crippen LogP) is 1.80. The molecule has 0 saturated carbocycles. The number of halogens is 1. The number of carbonyl (C=O) groups is 1. The highest BCUT2D eigenvalue weighted by atomic mass is 35.5. The third kappa shape index (κ3) is 4.27. The van der Waals surface area contributed by atoms with Crippen LogP contribution in [-0.4, -0.2) is 62.8 Å². The zero-order valence-electron chi connectivity index (χ0n) is 14.3. The van der Waals surface area contributed by atoms with Crippen LogP contribution < -0.4 is 5.32 Å². The Bertz CT molecular complexity index is 701. The lowest BCUT2D eigenvalue weighted by atomic mass is 10.2. The summed E-state index contributed by atoms with van der Waals surface area (Å²) in [5.74, 6) is -0.296. The molecule has 6 nitrogen and oxygen atoms in total. The Hall–Kier alpha value is -1.15. The van der Waals surface area contributed by atoms with Gasteiger partial charge in [-0.3, -0.25) is 4.79 Å². The maximum atomic E-state index is 12.9. The second-order valence-electron chi connectivity index (χ2n) is 6.14. The standard InChI is InChI=1S/C16H24ClN3O3S/c1-4-12(2)18-16(21)13-5-6-14(17)15(11-13)24(22,23)20-9-7-19(3)8-10-20/h5-6,11-12H,4,7-10H2,1-3H3,(H,18,21). The Balaban J connectivity index is 2.29. The summed E-state index contributed by atoms with van der Waals surface area (Å²) in [6, 6.07) is 4.40. The smallest absolute Gasteiger partial charge is 0.251 e. The van der Waals surface area contributed by atoms with Crippen LogP contribution in [0.4, 0.5) is 0 Å². The van der Waals surface area contributed by atoms with E-state index in [1.807, 2.05) is 20.9 Å².